The minimum atomic E-state index is -0.559. The van der Waals surface area contributed by atoms with Crippen LogP contribution in [0.2, 0.25) is 0 Å². The number of hydrogen-bond donors (Lipinski definition) is 1. The minimum absolute atomic E-state index is 0.219. The van der Waals surface area contributed by atoms with Crippen molar-refractivity contribution in [3.63, 3.8) is 0 Å². The third kappa shape index (κ3) is 6.61. The third-order valence-corrected chi connectivity index (χ3v) is 4.35. The van der Waals surface area contributed by atoms with Crippen LogP contribution in [0.4, 0.5) is 0 Å². The number of rotatable bonds is 12. The van der Waals surface area contributed by atoms with Gasteiger partial charge in [-0.3, -0.25) is 4.90 Å². The minimum Gasteiger partial charge on any atom is -0.493 e. The first-order valence-electron chi connectivity index (χ1n) is 9.07. The predicted octanol–water partition coefficient (Wildman–Crippen LogP) is 2.25. The van der Waals surface area contributed by atoms with Gasteiger partial charge in [0.05, 0.1) is 39.6 Å². The molecule has 0 unspecified atom stereocenters. The maximum atomic E-state index is 10.3. The summed E-state index contributed by atoms with van der Waals surface area (Å²) in [6.07, 6.45) is 3.50. The summed E-state index contributed by atoms with van der Waals surface area (Å²) >= 11 is 0. The molecule has 0 aromatic heterocycles. The van der Waals surface area contributed by atoms with E-state index in [2.05, 4.69) is 11.5 Å². The van der Waals surface area contributed by atoms with Crippen molar-refractivity contribution in [3.05, 3.63) is 36.4 Å². The van der Waals surface area contributed by atoms with Gasteiger partial charge in [-0.2, -0.15) is 0 Å². The Hall–Kier alpha value is -1.60. The Labute approximate surface area is 156 Å². The van der Waals surface area contributed by atoms with Crippen LogP contribution < -0.4 is 9.47 Å². The molecule has 1 N–H and O–H groups in total. The van der Waals surface area contributed by atoms with Gasteiger partial charge in [0.2, 0.25) is 0 Å². The molecule has 1 aliphatic heterocycles. The molecule has 1 fully saturated rings. The number of methoxy groups -OCH3 is 2. The molecule has 2 rings (SSSR count). The molecule has 0 saturated carbocycles. The Morgan fingerprint density at radius 1 is 1.35 bits per heavy atom. The van der Waals surface area contributed by atoms with Crippen molar-refractivity contribution in [2.45, 2.75) is 31.6 Å². The van der Waals surface area contributed by atoms with Crippen molar-refractivity contribution < 1.29 is 24.1 Å². The van der Waals surface area contributed by atoms with E-state index in [1.165, 1.54) is 0 Å². The maximum Gasteiger partial charge on any atom is 0.161 e. The molecule has 1 saturated heterocycles. The fourth-order valence-electron chi connectivity index (χ4n) is 3.16. The van der Waals surface area contributed by atoms with Gasteiger partial charge in [-0.05, 0) is 30.5 Å². The largest absolute Gasteiger partial charge is 0.493 e. The van der Waals surface area contributed by atoms with Gasteiger partial charge in [-0.1, -0.05) is 12.1 Å². The van der Waals surface area contributed by atoms with Crippen LogP contribution in [-0.2, 0) is 16.0 Å². The molecule has 0 spiro atoms. The topological polar surface area (TPSA) is 60.4 Å². The summed E-state index contributed by atoms with van der Waals surface area (Å²) in [7, 11) is 3.26. The van der Waals surface area contributed by atoms with E-state index in [0.29, 0.717) is 37.8 Å². The quantitative estimate of drug-likeness (QED) is 0.453. The summed E-state index contributed by atoms with van der Waals surface area (Å²) in [6, 6.07) is 5.90. The Morgan fingerprint density at radius 3 is 2.81 bits per heavy atom. The highest BCUT2D eigenvalue weighted by Gasteiger charge is 2.21. The van der Waals surface area contributed by atoms with Crippen molar-refractivity contribution in [3.8, 4) is 11.5 Å². The van der Waals surface area contributed by atoms with Gasteiger partial charge >= 0.3 is 0 Å². The van der Waals surface area contributed by atoms with Gasteiger partial charge in [0.25, 0.3) is 0 Å². The smallest absolute Gasteiger partial charge is 0.161 e. The normalized spacial score (nSPS) is 18.1. The summed E-state index contributed by atoms with van der Waals surface area (Å²) in [5.74, 6) is 1.41. The molecule has 2 atom stereocenters. The summed E-state index contributed by atoms with van der Waals surface area (Å²) in [5, 5.41) is 10.3. The molecule has 1 aromatic rings. The fraction of sp³-hybridized carbons (Fsp3) is 0.600. The van der Waals surface area contributed by atoms with E-state index < -0.39 is 6.10 Å². The molecular weight excluding hydrogens is 334 g/mol. The zero-order chi connectivity index (χ0) is 18.8. The van der Waals surface area contributed by atoms with Gasteiger partial charge in [-0.25, -0.2) is 0 Å². The molecule has 1 aromatic carbocycles. The summed E-state index contributed by atoms with van der Waals surface area (Å²) in [4.78, 5) is 2.21. The predicted molar refractivity (Wildman–Crippen MR) is 101 cm³/mol. The highest BCUT2D eigenvalue weighted by Crippen LogP contribution is 2.28. The van der Waals surface area contributed by atoms with Crippen molar-refractivity contribution in [1.29, 1.82) is 0 Å². The van der Waals surface area contributed by atoms with E-state index in [4.69, 9.17) is 18.9 Å². The third-order valence-electron chi connectivity index (χ3n) is 4.35. The number of nitrogens with zero attached hydrogens (tertiary/aromatic N) is 1. The van der Waals surface area contributed by atoms with Crippen LogP contribution in [-0.4, -0.2) is 69.3 Å². The van der Waals surface area contributed by atoms with E-state index in [-0.39, 0.29) is 6.10 Å². The molecule has 1 aliphatic rings. The molecule has 6 heteroatoms. The summed E-state index contributed by atoms with van der Waals surface area (Å²) in [6.45, 7) is 7.17. The van der Waals surface area contributed by atoms with E-state index >= 15 is 0 Å². The second-order valence-corrected chi connectivity index (χ2v) is 6.50. The Morgan fingerprint density at radius 2 is 2.15 bits per heavy atom. The van der Waals surface area contributed by atoms with Crippen LogP contribution >= 0.6 is 0 Å². The van der Waals surface area contributed by atoms with Crippen LogP contribution in [0.5, 0.6) is 11.5 Å². The van der Waals surface area contributed by atoms with Crippen LogP contribution in [0.25, 0.3) is 0 Å². The zero-order valence-corrected chi connectivity index (χ0v) is 15.9. The van der Waals surface area contributed by atoms with Crippen LogP contribution in [0.1, 0.15) is 18.4 Å². The van der Waals surface area contributed by atoms with Gasteiger partial charge in [0, 0.05) is 26.2 Å². The Kier molecular flexibility index (Phi) is 8.91. The zero-order valence-electron chi connectivity index (χ0n) is 15.9. The van der Waals surface area contributed by atoms with Crippen molar-refractivity contribution in [1.82, 2.24) is 4.90 Å². The molecule has 146 valence electrons. The maximum absolute atomic E-state index is 10.3. The average molecular weight is 365 g/mol. The lowest BCUT2D eigenvalue weighted by Gasteiger charge is -2.27. The molecule has 0 amide bonds. The lowest BCUT2D eigenvalue weighted by molar-refractivity contribution is 0.00855. The van der Waals surface area contributed by atoms with Gasteiger partial charge in [-0.15, -0.1) is 6.58 Å². The SMILES string of the molecule is C=CCOC[C@H](O)CN(Cc1ccc(OC)c(OC)c1)C[C@H]1CCCO1. The van der Waals surface area contributed by atoms with Crippen LogP contribution in [0.15, 0.2) is 30.9 Å². The van der Waals surface area contributed by atoms with Gasteiger partial charge in [0.15, 0.2) is 11.5 Å². The molecule has 6 nitrogen and oxygen atoms in total. The summed E-state index contributed by atoms with van der Waals surface area (Å²) < 4.78 is 21.8. The second kappa shape index (κ2) is 11.2. The van der Waals surface area contributed by atoms with E-state index in [1.807, 2.05) is 18.2 Å². The monoisotopic (exact) mass is 365 g/mol. The standard InChI is InChI=1S/C20H31NO5/c1-4-9-25-15-17(22)13-21(14-18-6-5-10-26-18)12-16-7-8-19(23-2)20(11-16)24-3/h4,7-8,11,17-18,22H,1,5-6,9-10,12-15H2,2-3H3/t17-,18-/m1/s1. The van der Waals surface area contributed by atoms with Gasteiger partial charge in [0.1, 0.15) is 0 Å². The average Bonchev–Trinajstić information content (AvgIpc) is 3.14. The lowest BCUT2D eigenvalue weighted by atomic mass is 10.1. The fourth-order valence-corrected chi connectivity index (χ4v) is 3.16. The number of aliphatic hydroxyl groups excluding tert-OH is 1. The first kappa shape index (κ1) is 20.7. The molecule has 26 heavy (non-hydrogen) atoms. The molecular formula is C20H31NO5. The van der Waals surface area contributed by atoms with E-state index in [9.17, 15) is 5.11 Å². The van der Waals surface area contributed by atoms with Crippen molar-refractivity contribution >= 4 is 0 Å². The summed E-state index contributed by atoms with van der Waals surface area (Å²) in [5.41, 5.74) is 1.10. The van der Waals surface area contributed by atoms with Crippen molar-refractivity contribution in [2.24, 2.45) is 0 Å². The van der Waals surface area contributed by atoms with E-state index in [0.717, 1.165) is 31.6 Å². The van der Waals surface area contributed by atoms with Crippen LogP contribution in [0, 0.1) is 0 Å². The molecule has 0 aliphatic carbocycles. The van der Waals surface area contributed by atoms with E-state index in [1.54, 1.807) is 20.3 Å². The second-order valence-electron chi connectivity index (χ2n) is 6.50. The first-order chi connectivity index (χ1) is 12.7. The molecule has 0 bridgehead atoms. The number of ether oxygens (including phenoxy) is 4. The highest BCUT2D eigenvalue weighted by molar-refractivity contribution is 5.42. The first-order valence-corrected chi connectivity index (χ1v) is 9.07. The highest BCUT2D eigenvalue weighted by atomic mass is 16.5. The number of aliphatic hydroxyl groups is 1. The Balaban J connectivity index is 2.01. The van der Waals surface area contributed by atoms with Gasteiger partial charge < -0.3 is 24.1 Å². The van der Waals surface area contributed by atoms with Crippen molar-refractivity contribution in [2.75, 3.05) is 47.1 Å². The number of hydrogen-bond acceptors (Lipinski definition) is 6. The lowest BCUT2D eigenvalue weighted by Crippen LogP contribution is -2.39. The Bertz CT molecular complexity index is 545. The van der Waals surface area contributed by atoms with Crippen LogP contribution in [0.3, 0.4) is 0 Å². The molecule has 0 radical (unpaired) electrons. The molecule has 1 heterocycles. The number of benzene rings is 1.